The van der Waals surface area contributed by atoms with Crippen LogP contribution in [0.25, 0.3) is 43.9 Å². The van der Waals surface area contributed by atoms with Crippen LogP contribution in [0.3, 0.4) is 0 Å². The van der Waals surface area contributed by atoms with E-state index < -0.39 is 0 Å². The molecule has 3 nitrogen and oxygen atoms in total. The van der Waals surface area contributed by atoms with Crippen molar-refractivity contribution in [3.05, 3.63) is 133 Å². The van der Waals surface area contributed by atoms with Crippen molar-refractivity contribution in [1.29, 1.82) is 0 Å². The minimum Gasteiger partial charge on any atom is -0.397 e. The summed E-state index contributed by atoms with van der Waals surface area (Å²) in [5.74, 6) is 0. The van der Waals surface area contributed by atoms with Gasteiger partial charge >= 0.3 is 0 Å². The Morgan fingerprint density at radius 2 is 1.13 bits per heavy atom. The highest BCUT2D eigenvalue weighted by Gasteiger charge is 2.24. The van der Waals surface area contributed by atoms with Gasteiger partial charge in [0.25, 0.3) is 0 Å². The first-order chi connectivity index (χ1) is 22.4. The van der Waals surface area contributed by atoms with E-state index in [1.54, 1.807) is 0 Å². The summed E-state index contributed by atoms with van der Waals surface area (Å²) >= 11 is 0. The normalized spacial score (nSPS) is 11.2. The zero-order valence-corrected chi connectivity index (χ0v) is 25.5. The topological polar surface area (TPSA) is 42.2 Å². The van der Waals surface area contributed by atoms with Gasteiger partial charge in [0.1, 0.15) is 31.4 Å². The lowest BCUT2D eigenvalue weighted by Crippen LogP contribution is -2.50. The lowest BCUT2D eigenvalue weighted by Gasteiger charge is -2.33. The van der Waals surface area contributed by atoms with Crippen LogP contribution in [-0.2, 0) is 6.54 Å². The van der Waals surface area contributed by atoms with Gasteiger partial charge in [-0.2, -0.15) is 0 Å². The summed E-state index contributed by atoms with van der Waals surface area (Å²) < 4.78 is 0. The molecule has 0 unspecified atom stereocenters. The van der Waals surface area contributed by atoms with E-state index >= 15 is 0 Å². The number of rotatable bonds is 6. The van der Waals surface area contributed by atoms with Gasteiger partial charge in [0.05, 0.1) is 17.1 Å². The van der Waals surface area contributed by atoms with Gasteiger partial charge in [0, 0.05) is 24.0 Å². The number of benzene rings is 6. The molecule has 0 fully saturated rings. The number of nitrogens with zero attached hydrogens (tertiary/aromatic N) is 2. The van der Waals surface area contributed by atoms with Crippen LogP contribution < -0.4 is 32.5 Å². The molecule has 8 radical (unpaired) electrons. The third-order valence-corrected chi connectivity index (χ3v) is 8.88. The molecule has 7 heteroatoms. The smallest absolute Gasteiger partial charge is 0.115 e. The molecule has 210 valence electrons. The molecule has 0 saturated carbocycles. The van der Waals surface area contributed by atoms with Crippen molar-refractivity contribution < 1.29 is 0 Å². The Bertz CT molecular complexity index is 2180. The van der Waals surface area contributed by atoms with Gasteiger partial charge in [-0.3, -0.25) is 4.98 Å². The van der Waals surface area contributed by atoms with Crippen molar-refractivity contribution in [3.63, 3.8) is 0 Å². The highest BCUT2D eigenvalue weighted by atomic mass is 15.1. The number of hydrogen-bond acceptors (Lipinski definition) is 3. The number of nitrogen functional groups attached to an aromatic ring is 1. The predicted octanol–water partition coefficient (Wildman–Crippen LogP) is 5.13. The number of aromatic nitrogens is 1. The first-order valence-electron chi connectivity index (χ1n) is 15.1. The van der Waals surface area contributed by atoms with Gasteiger partial charge in [-0.05, 0) is 75.0 Å². The van der Waals surface area contributed by atoms with Crippen molar-refractivity contribution in [2.45, 2.75) is 13.5 Å². The highest BCUT2D eigenvalue weighted by Crippen LogP contribution is 2.44. The second-order valence-electron chi connectivity index (χ2n) is 11.5. The maximum absolute atomic E-state index is 6.74. The molecule has 0 aliphatic heterocycles. The quantitative estimate of drug-likeness (QED) is 0.169. The monoisotopic (exact) mass is 581 g/mol. The largest absolute Gasteiger partial charge is 0.397 e. The average Bonchev–Trinajstić information content (AvgIpc) is 3.10. The molecule has 6 aromatic carbocycles. The standard InChI is InChI=1S/C39H27B4N3/c1-23-35(40)36(41)37(42)38(43)39(23)46(33-20-9-8-18-31(33)44)22-30-24-12-2-5-15-27(24)34(28-16-6-3-13-25(28)30)29-17-7-4-14-26(29)32-19-10-11-21-45-32/h2-21H,22,44H2,1H3. The van der Waals surface area contributed by atoms with Crippen molar-refractivity contribution in [1.82, 2.24) is 4.98 Å². The number of anilines is 3. The van der Waals surface area contributed by atoms with Crippen LogP contribution >= 0.6 is 0 Å². The van der Waals surface area contributed by atoms with Crippen LogP contribution in [0.4, 0.5) is 17.1 Å². The molecular weight excluding hydrogens is 554 g/mol. The van der Waals surface area contributed by atoms with Gasteiger partial charge < -0.3 is 10.6 Å². The number of hydrogen-bond donors (Lipinski definition) is 1. The molecule has 0 spiro atoms. The van der Waals surface area contributed by atoms with E-state index in [4.69, 9.17) is 42.1 Å². The maximum Gasteiger partial charge on any atom is 0.115 e. The third kappa shape index (κ3) is 4.87. The number of pyridine rings is 1. The summed E-state index contributed by atoms with van der Waals surface area (Å²) in [5, 5.41) is 4.47. The first kappa shape index (κ1) is 29.6. The lowest BCUT2D eigenvalue weighted by atomic mass is 9.64. The summed E-state index contributed by atoms with van der Waals surface area (Å²) in [7, 11) is 26.0. The molecule has 1 aromatic heterocycles. The molecule has 0 bridgehead atoms. The molecule has 1 heterocycles. The number of fused-ring (bicyclic) bond motifs is 2. The zero-order chi connectivity index (χ0) is 31.9. The molecule has 7 rings (SSSR count). The van der Waals surface area contributed by atoms with Crippen LogP contribution in [0.15, 0.2) is 121 Å². The fourth-order valence-electron chi connectivity index (χ4n) is 6.60. The van der Waals surface area contributed by atoms with Crippen LogP contribution in [0, 0.1) is 6.92 Å². The Balaban J connectivity index is 1.54. The van der Waals surface area contributed by atoms with Gasteiger partial charge in [0.15, 0.2) is 0 Å². The second kappa shape index (κ2) is 12.0. The van der Waals surface area contributed by atoms with E-state index in [-0.39, 0.29) is 10.9 Å². The highest BCUT2D eigenvalue weighted by molar-refractivity contribution is 6.64. The van der Waals surface area contributed by atoms with Crippen LogP contribution in [0.1, 0.15) is 11.1 Å². The Hall–Kier alpha value is -5.15. The van der Waals surface area contributed by atoms with Gasteiger partial charge in [-0.15, -0.1) is 10.9 Å². The predicted molar refractivity (Wildman–Crippen MR) is 200 cm³/mol. The fraction of sp³-hybridized carbons (Fsp3) is 0.0513. The van der Waals surface area contributed by atoms with Gasteiger partial charge in [0.2, 0.25) is 0 Å². The Morgan fingerprint density at radius 3 is 1.76 bits per heavy atom. The van der Waals surface area contributed by atoms with E-state index in [0.717, 1.165) is 60.7 Å². The second-order valence-corrected chi connectivity index (χ2v) is 11.5. The zero-order valence-electron chi connectivity index (χ0n) is 25.5. The summed E-state index contributed by atoms with van der Waals surface area (Å²) in [5.41, 5.74) is 16.1. The molecule has 0 amide bonds. The summed E-state index contributed by atoms with van der Waals surface area (Å²) in [6, 6.07) is 39.3. The molecule has 0 atom stereocenters. The molecule has 7 aromatic rings. The summed E-state index contributed by atoms with van der Waals surface area (Å²) in [6.07, 6.45) is 1.83. The molecule has 0 aliphatic carbocycles. The molecule has 0 aliphatic rings. The van der Waals surface area contributed by atoms with Crippen LogP contribution in [0.2, 0.25) is 0 Å². The SMILES string of the molecule is [B]c1c([B])c([B])c(N(Cc2c3ccccc3c(-c3ccccc3-c3ccccn3)c3ccccc23)c2ccccc2N)c(C)c1[B]. The lowest BCUT2D eigenvalue weighted by molar-refractivity contribution is 0.993. The molecule has 2 N–H and O–H groups in total. The Morgan fingerprint density at radius 1 is 0.587 bits per heavy atom. The Labute approximate surface area is 275 Å². The van der Waals surface area contributed by atoms with Crippen molar-refractivity contribution in [3.8, 4) is 22.4 Å². The van der Waals surface area contributed by atoms with E-state index in [1.807, 2.05) is 49.5 Å². The minimum absolute atomic E-state index is 0.258. The molecule has 46 heavy (non-hydrogen) atoms. The Kier molecular flexibility index (Phi) is 7.70. The first-order valence-corrected chi connectivity index (χ1v) is 15.1. The number of para-hydroxylation sites is 2. The maximum atomic E-state index is 6.74. The van der Waals surface area contributed by atoms with Crippen molar-refractivity contribution in [2.75, 3.05) is 10.6 Å². The van der Waals surface area contributed by atoms with Crippen molar-refractivity contribution in [2.24, 2.45) is 0 Å². The van der Waals surface area contributed by atoms with Crippen molar-refractivity contribution >= 4 is 91.8 Å². The van der Waals surface area contributed by atoms with Crippen LogP contribution in [0.5, 0.6) is 0 Å². The van der Waals surface area contributed by atoms with E-state index in [2.05, 4.69) is 83.8 Å². The van der Waals surface area contributed by atoms with E-state index in [1.165, 1.54) is 0 Å². The minimum atomic E-state index is 0.258. The van der Waals surface area contributed by atoms with Crippen LogP contribution in [-0.4, -0.2) is 36.4 Å². The summed E-state index contributed by atoms with van der Waals surface area (Å²) in [6.45, 7) is 2.35. The van der Waals surface area contributed by atoms with E-state index in [0.29, 0.717) is 28.8 Å². The van der Waals surface area contributed by atoms with E-state index in [9.17, 15) is 0 Å². The summed E-state index contributed by atoms with van der Waals surface area (Å²) in [4.78, 5) is 6.82. The average molecular weight is 581 g/mol. The molecular formula is C39H27B4N3. The number of nitrogens with two attached hydrogens (primary N) is 1. The third-order valence-electron chi connectivity index (χ3n) is 8.88. The van der Waals surface area contributed by atoms with Gasteiger partial charge in [-0.1, -0.05) is 102 Å². The fourth-order valence-corrected chi connectivity index (χ4v) is 6.60. The van der Waals surface area contributed by atoms with Gasteiger partial charge in [-0.25, -0.2) is 0 Å². The molecule has 0 saturated heterocycles.